The summed E-state index contributed by atoms with van der Waals surface area (Å²) in [6.07, 6.45) is 1.13. The Labute approximate surface area is 122 Å². The number of aromatic amines is 1. The summed E-state index contributed by atoms with van der Waals surface area (Å²) in [5.74, 6) is 0.724. The molecule has 1 aliphatic heterocycles. The van der Waals surface area contributed by atoms with E-state index in [0.717, 1.165) is 10.8 Å². The molecule has 0 saturated carbocycles. The Morgan fingerprint density at radius 2 is 2.05 bits per heavy atom. The van der Waals surface area contributed by atoms with Crippen molar-refractivity contribution in [3.8, 4) is 11.5 Å². The zero-order valence-electron chi connectivity index (χ0n) is 10.6. The molecular weight excluding hydrogens is 300 g/mol. The summed E-state index contributed by atoms with van der Waals surface area (Å²) in [5.41, 5.74) is -1.01. The van der Waals surface area contributed by atoms with E-state index < -0.39 is 11.2 Å². The van der Waals surface area contributed by atoms with Gasteiger partial charge in [-0.1, -0.05) is 11.6 Å². The van der Waals surface area contributed by atoms with Crippen molar-refractivity contribution in [2.24, 2.45) is 0 Å². The normalized spacial score (nSPS) is 12.4. The Morgan fingerprint density at radius 1 is 1.29 bits per heavy atom. The van der Waals surface area contributed by atoms with E-state index in [9.17, 15) is 14.4 Å². The van der Waals surface area contributed by atoms with Crippen LogP contribution in [0.15, 0.2) is 34.0 Å². The lowest BCUT2D eigenvalue weighted by atomic mass is 10.1. The number of ether oxygens (including phenoxy) is 2. The van der Waals surface area contributed by atoms with Crippen molar-refractivity contribution in [3.63, 3.8) is 0 Å². The van der Waals surface area contributed by atoms with Gasteiger partial charge in [-0.05, 0) is 18.2 Å². The summed E-state index contributed by atoms with van der Waals surface area (Å²) in [6.45, 7) is -0.128. The number of benzene rings is 1. The molecule has 0 saturated heterocycles. The molecule has 1 N–H and O–H groups in total. The smallest absolute Gasteiger partial charge is 0.328 e. The molecule has 3 rings (SSSR count). The van der Waals surface area contributed by atoms with Gasteiger partial charge in [-0.15, -0.1) is 0 Å². The fraction of sp³-hybridized carbons (Fsp3) is 0.154. The minimum Gasteiger partial charge on any atom is -0.454 e. The number of nitrogens with zero attached hydrogens (tertiary/aromatic N) is 1. The predicted molar refractivity (Wildman–Crippen MR) is 73.2 cm³/mol. The van der Waals surface area contributed by atoms with Gasteiger partial charge >= 0.3 is 5.69 Å². The fourth-order valence-electron chi connectivity index (χ4n) is 1.92. The average Bonchev–Trinajstić information content (AvgIpc) is 2.92. The van der Waals surface area contributed by atoms with E-state index in [4.69, 9.17) is 21.1 Å². The Kier molecular flexibility index (Phi) is 3.26. The van der Waals surface area contributed by atoms with Crippen LogP contribution in [0.25, 0.3) is 0 Å². The second kappa shape index (κ2) is 5.10. The fourth-order valence-corrected chi connectivity index (χ4v) is 2.08. The van der Waals surface area contributed by atoms with E-state index >= 15 is 0 Å². The predicted octanol–water partition coefficient (Wildman–Crippen LogP) is 0.802. The van der Waals surface area contributed by atoms with Gasteiger partial charge in [0, 0.05) is 11.8 Å². The van der Waals surface area contributed by atoms with Crippen LogP contribution >= 0.6 is 11.6 Å². The maximum Gasteiger partial charge on any atom is 0.328 e. The van der Waals surface area contributed by atoms with Crippen molar-refractivity contribution in [1.29, 1.82) is 0 Å². The quantitative estimate of drug-likeness (QED) is 0.847. The summed E-state index contributed by atoms with van der Waals surface area (Å²) in [5, 5.41) is -0.159. The van der Waals surface area contributed by atoms with Crippen LogP contribution < -0.4 is 20.7 Å². The van der Waals surface area contributed by atoms with Crippen molar-refractivity contribution < 1.29 is 14.3 Å². The van der Waals surface area contributed by atoms with Gasteiger partial charge in [-0.25, -0.2) is 4.79 Å². The molecule has 0 amide bonds. The molecule has 1 aliphatic rings. The molecule has 0 fully saturated rings. The third-order valence-electron chi connectivity index (χ3n) is 2.98. The summed E-state index contributed by atoms with van der Waals surface area (Å²) < 4.78 is 11.4. The lowest BCUT2D eigenvalue weighted by molar-refractivity contribution is 0.0970. The SMILES string of the molecule is O=C(Cn1cc(Cl)c(=O)[nH]c1=O)c1ccc2c(c1)OCO2. The molecule has 0 unspecified atom stereocenters. The lowest BCUT2D eigenvalue weighted by Gasteiger charge is -2.05. The standard InChI is InChI=1S/C13H9ClN2O5/c14-8-4-16(13(19)15-12(8)18)5-9(17)7-1-2-10-11(3-7)21-6-20-10/h1-4H,5-6H2,(H,15,18,19). The lowest BCUT2D eigenvalue weighted by Crippen LogP contribution is -2.31. The molecule has 0 bridgehead atoms. The first-order valence-electron chi connectivity index (χ1n) is 5.97. The largest absolute Gasteiger partial charge is 0.454 e. The minimum atomic E-state index is -0.696. The summed E-state index contributed by atoms with van der Waals surface area (Å²) in [6, 6.07) is 4.75. The molecule has 0 aliphatic carbocycles. The highest BCUT2D eigenvalue weighted by Crippen LogP contribution is 2.32. The second-order valence-electron chi connectivity index (χ2n) is 4.36. The molecule has 2 aromatic rings. The van der Waals surface area contributed by atoms with Crippen LogP contribution in [0, 0.1) is 0 Å². The maximum absolute atomic E-state index is 12.2. The van der Waals surface area contributed by atoms with Crippen LogP contribution in [-0.4, -0.2) is 22.1 Å². The van der Waals surface area contributed by atoms with Crippen LogP contribution in [0.4, 0.5) is 0 Å². The molecule has 2 heterocycles. The molecule has 0 radical (unpaired) electrons. The topological polar surface area (TPSA) is 90.4 Å². The van der Waals surface area contributed by atoms with Crippen molar-refractivity contribution in [1.82, 2.24) is 9.55 Å². The molecule has 0 spiro atoms. The summed E-state index contributed by atoms with van der Waals surface area (Å²) >= 11 is 5.64. The third kappa shape index (κ3) is 2.55. The van der Waals surface area contributed by atoms with Gasteiger partial charge in [0.2, 0.25) is 6.79 Å². The average molecular weight is 309 g/mol. The second-order valence-corrected chi connectivity index (χ2v) is 4.76. The zero-order valence-corrected chi connectivity index (χ0v) is 11.3. The summed E-state index contributed by atoms with van der Waals surface area (Å²) in [7, 11) is 0. The Morgan fingerprint density at radius 3 is 2.86 bits per heavy atom. The molecule has 8 heteroatoms. The Bertz CT molecular complexity index is 839. The number of nitrogens with one attached hydrogen (secondary N) is 1. The monoisotopic (exact) mass is 308 g/mol. The number of carbonyl (C=O) groups is 1. The first kappa shape index (κ1) is 13.4. The van der Waals surface area contributed by atoms with Crippen LogP contribution in [0.1, 0.15) is 10.4 Å². The van der Waals surface area contributed by atoms with E-state index in [1.54, 1.807) is 18.2 Å². The maximum atomic E-state index is 12.2. The molecule has 1 aromatic heterocycles. The molecule has 7 nitrogen and oxygen atoms in total. The number of halogens is 1. The molecule has 21 heavy (non-hydrogen) atoms. The van der Waals surface area contributed by atoms with Crippen LogP contribution in [0.5, 0.6) is 11.5 Å². The highest BCUT2D eigenvalue weighted by atomic mass is 35.5. The van der Waals surface area contributed by atoms with Gasteiger partial charge < -0.3 is 9.47 Å². The number of Topliss-reactive ketones (excluding diaryl/α,β-unsaturated/α-hetero) is 1. The molecular formula is C13H9ClN2O5. The van der Waals surface area contributed by atoms with Gasteiger partial charge in [0.05, 0.1) is 6.54 Å². The van der Waals surface area contributed by atoms with Gasteiger partial charge in [0.1, 0.15) is 5.02 Å². The first-order chi connectivity index (χ1) is 10.0. The summed E-state index contributed by atoms with van der Waals surface area (Å²) in [4.78, 5) is 37.0. The number of fused-ring (bicyclic) bond motifs is 1. The molecule has 0 atom stereocenters. The van der Waals surface area contributed by atoms with E-state index in [-0.39, 0.29) is 24.1 Å². The van der Waals surface area contributed by atoms with Gasteiger partial charge in [0.25, 0.3) is 5.56 Å². The highest BCUT2D eigenvalue weighted by Gasteiger charge is 2.17. The van der Waals surface area contributed by atoms with Crippen molar-refractivity contribution in [3.05, 3.63) is 55.8 Å². The van der Waals surface area contributed by atoms with Crippen molar-refractivity contribution >= 4 is 17.4 Å². The van der Waals surface area contributed by atoms with E-state index in [1.807, 2.05) is 4.98 Å². The molecule has 108 valence electrons. The third-order valence-corrected chi connectivity index (χ3v) is 3.25. The van der Waals surface area contributed by atoms with Crippen molar-refractivity contribution in [2.75, 3.05) is 6.79 Å². The highest BCUT2D eigenvalue weighted by molar-refractivity contribution is 6.30. The number of carbonyl (C=O) groups excluding carboxylic acids is 1. The van der Waals surface area contributed by atoms with E-state index in [0.29, 0.717) is 17.1 Å². The number of H-pyrrole nitrogens is 1. The Hall–Kier alpha value is -2.54. The number of rotatable bonds is 3. The van der Waals surface area contributed by atoms with Crippen LogP contribution in [0.3, 0.4) is 0 Å². The zero-order chi connectivity index (χ0) is 15.0. The number of hydrogen-bond acceptors (Lipinski definition) is 5. The van der Waals surface area contributed by atoms with Crippen molar-refractivity contribution in [2.45, 2.75) is 6.54 Å². The number of aromatic nitrogens is 2. The van der Waals surface area contributed by atoms with Crippen LogP contribution in [-0.2, 0) is 6.54 Å². The van der Waals surface area contributed by atoms with Crippen LogP contribution in [0.2, 0.25) is 5.02 Å². The van der Waals surface area contributed by atoms with E-state index in [1.165, 1.54) is 0 Å². The minimum absolute atomic E-state index is 0.113. The van der Waals surface area contributed by atoms with Gasteiger partial charge in [-0.2, -0.15) is 0 Å². The van der Waals surface area contributed by atoms with Gasteiger partial charge in [-0.3, -0.25) is 19.1 Å². The molecule has 1 aromatic carbocycles. The number of hydrogen-bond donors (Lipinski definition) is 1. The van der Waals surface area contributed by atoms with E-state index in [2.05, 4.69) is 0 Å². The first-order valence-corrected chi connectivity index (χ1v) is 6.34. The number of ketones is 1. The van der Waals surface area contributed by atoms with Gasteiger partial charge in [0.15, 0.2) is 17.3 Å². The Balaban J connectivity index is 1.88.